The first-order valence-corrected chi connectivity index (χ1v) is 10.4. The van der Waals surface area contributed by atoms with Gasteiger partial charge in [0.1, 0.15) is 0 Å². The molecule has 1 aliphatic heterocycles. The van der Waals surface area contributed by atoms with E-state index in [4.69, 9.17) is 4.74 Å². The Bertz CT molecular complexity index is 359. The quantitative estimate of drug-likeness (QED) is 0.677. The zero-order valence-electron chi connectivity index (χ0n) is 17.2. The normalized spacial score (nSPS) is 29.5. The van der Waals surface area contributed by atoms with Crippen LogP contribution in [0.5, 0.6) is 0 Å². The van der Waals surface area contributed by atoms with E-state index in [2.05, 4.69) is 51.3 Å². The Morgan fingerprint density at radius 3 is 2.21 bits per heavy atom. The largest absolute Gasteiger partial charge is 0.376 e. The zero-order chi connectivity index (χ0) is 17.7. The maximum absolute atomic E-state index is 5.98. The second kappa shape index (κ2) is 9.00. The van der Waals surface area contributed by atoms with Gasteiger partial charge in [-0.1, -0.05) is 0 Å². The van der Waals surface area contributed by atoms with E-state index in [1.165, 1.54) is 64.7 Å². The number of ether oxygens (including phenoxy) is 1. The van der Waals surface area contributed by atoms with Crippen LogP contribution in [0.4, 0.5) is 0 Å². The van der Waals surface area contributed by atoms with Crippen molar-refractivity contribution in [2.75, 3.05) is 26.2 Å². The van der Waals surface area contributed by atoms with Gasteiger partial charge >= 0.3 is 0 Å². The molecule has 1 heterocycles. The van der Waals surface area contributed by atoms with Gasteiger partial charge in [0.15, 0.2) is 0 Å². The van der Waals surface area contributed by atoms with Crippen LogP contribution in [0.25, 0.3) is 0 Å². The van der Waals surface area contributed by atoms with Crippen LogP contribution in [0.1, 0.15) is 80.1 Å². The summed E-state index contributed by atoms with van der Waals surface area (Å²) in [6, 6.07) is 0.658. The molecule has 2 fully saturated rings. The van der Waals surface area contributed by atoms with E-state index in [1.807, 2.05) is 0 Å². The van der Waals surface area contributed by atoms with Crippen molar-refractivity contribution in [3.05, 3.63) is 0 Å². The molecule has 0 unspecified atom stereocenters. The van der Waals surface area contributed by atoms with Gasteiger partial charge in [-0.2, -0.15) is 0 Å². The Hall–Kier alpha value is -0.120. The summed E-state index contributed by atoms with van der Waals surface area (Å²) in [5.41, 5.74) is 0.318. The van der Waals surface area contributed by atoms with Crippen molar-refractivity contribution in [2.45, 2.75) is 104 Å². The Kier molecular flexibility index (Phi) is 7.58. The van der Waals surface area contributed by atoms with Gasteiger partial charge in [-0.15, -0.1) is 0 Å². The molecule has 2 aliphatic rings. The molecule has 0 amide bonds. The lowest BCUT2D eigenvalue weighted by Gasteiger charge is -2.49. The summed E-state index contributed by atoms with van der Waals surface area (Å²) in [6.07, 6.45) is 9.03. The Morgan fingerprint density at radius 1 is 1.00 bits per heavy atom. The molecular formula is C21H42N2O. The van der Waals surface area contributed by atoms with Crippen molar-refractivity contribution in [1.29, 1.82) is 0 Å². The van der Waals surface area contributed by atoms with Gasteiger partial charge in [0.25, 0.3) is 0 Å². The molecule has 0 N–H and O–H groups in total. The van der Waals surface area contributed by atoms with Crippen LogP contribution < -0.4 is 0 Å². The molecule has 0 radical (unpaired) electrons. The predicted molar refractivity (Wildman–Crippen MR) is 104 cm³/mol. The maximum Gasteiger partial charge on any atom is 0.0578 e. The molecule has 2 rings (SSSR count). The second-order valence-corrected chi connectivity index (χ2v) is 9.35. The van der Waals surface area contributed by atoms with Gasteiger partial charge in [0.05, 0.1) is 12.2 Å². The predicted octanol–water partition coefficient (Wildman–Crippen LogP) is 4.56. The summed E-state index contributed by atoms with van der Waals surface area (Å²) >= 11 is 0. The first-order chi connectivity index (χ1) is 11.3. The summed E-state index contributed by atoms with van der Waals surface area (Å²) in [5.74, 6) is 0.946. The third-order valence-corrected chi connectivity index (χ3v) is 6.01. The Balaban J connectivity index is 1.63. The second-order valence-electron chi connectivity index (χ2n) is 9.35. The van der Waals surface area contributed by atoms with Crippen molar-refractivity contribution in [2.24, 2.45) is 5.92 Å². The lowest BCUT2D eigenvalue weighted by atomic mass is 9.84. The van der Waals surface area contributed by atoms with E-state index < -0.39 is 0 Å². The van der Waals surface area contributed by atoms with Crippen molar-refractivity contribution >= 4 is 0 Å². The Labute approximate surface area is 151 Å². The average Bonchev–Trinajstić information content (AvgIpc) is 2.47. The van der Waals surface area contributed by atoms with E-state index >= 15 is 0 Å². The molecule has 1 saturated heterocycles. The highest BCUT2D eigenvalue weighted by Crippen LogP contribution is 2.30. The molecule has 1 saturated carbocycles. The maximum atomic E-state index is 5.98. The molecule has 0 bridgehead atoms. The summed E-state index contributed by atoms with van der Waals surface area (Å²) < 4.78 is 5.98. The molecule has 3 heteroatoms. The highest BCUT2D eigenvalue weighted by Gasteiger charge is 2.34. The lowest BCUT2D eigenvalue weighted by Crippen LogP contribution is -2.61. The summed E-state index contributed by atoms with van der Waals surface area (Å²) in [4.78, 5) is 5.37. The van der Waals surface area contributed by atoms with E-state index in [9.17, 15) is 0 Å². The fraction of sp³-hybridized carbons (Fsp3) is 1.00. The summed E-state index contributed by atoms with van der Waals surface area (Å²) in [7, 11) is 0. The standard InChI is InChI=1S/C21H42N2O/c1-17(2)23-15-14-22(16-21(23,5)6)13-7-8-19-9-11-20(12-10-19)24-18(3)4/h17-20H,7-16H2,1-6H3. The molecule has 0 aromatic heterocycles. The highest BCUT2D eigenvalue weighted by molar-refractivity contribution is 4.91. The highest BCUT2D eigenvalue weighted by atomic mass is 16.5. The molecular weight excluding hydrogens is 296 g/mol. The van der Waals surface area contributed by atoms with Crippen LogP contribution in [0.3, 0.4) is 0 Å². The van der Waals surface area contributed by atoms with Gasteiger partial charge in [-0.25, -0.2) is 0 Å². The van der Waals surface area contributed by atoms with Gasteiger partial charge in [0.2, 0.25) is 0 Å². The molecule has 142 valence electrons. The van der Waals surface area contributed by atoms with Gasteiger partial charge in [-0.05, 0) is 92.5 Å². The van der Waals surface area contributed by atoms with Crippen molar-refractivity contribution in [1.82, 2.24) is 9.80 Å². The number of piperazine rings is 1. The minimum Gasteiger partial charge on any atom is -0.376 e. The van der Waals surface area contributed by atoms with E-state index in [-0.39, 0.29) is 0 Å². The lowest BCUT2D eigenvalue weighted by molar-refractivity contribution is -0.0214. The first-order valence-electron chi connectivity index (χ1n) is 10.4. The summed E-state index contributed by atoms with van der Waals surface area (Å²) in [5, 5.41) is 0. The molecule has 1 aliphatic carbocycles. The smallest absolute Gasteiger partial charge is 0.0578 e. The van der Waals surface area contributed by atoms with Crippen LogP contribution in [-0.4, -0.2) is 59.8 Å². The Morgan fingerprint density at radius 2 is 1.67 bits per heavy atom. The third-order valence-electron chi connectivity index (χ3n) is 6.01. The van der Waals surface area contributed by atoms with Crippen LogP contribution in [0.15, 0.2) is 0 Å². The van der Waals surface area contributed by atoms with Crippen LogP contribution in [0.2, 0.25) is 0 Å². The number of hydrogen-bond donors (Lipinski definition) is 0. The van der Waals surface area contributed by atoms with Crippen LogP contribution >= 0.6 is 0 Å². The van der Waals surface area contributed by atoms with Crippen molar-refractivity contribution < 1.29 is 4.74 Å². The van der Waals surface area contributed by atoms with Crippen LogP contribution in [0, 0.1) is 5.92 Å². The van der Waals surface area contributed by atoms with Gasteiger partial charge in [0, 0.05) is 31.2 Å². The van der Waals surface area contributed by atoms with Crippen molar-refractivity contribution in [3.63, 3.8) is 0 Å². The molecule has 24 heavy (non-hydrogen) atoms. The number of rotatable bonds is 7. The third kappa shape index (κ3) is 6.00. The topological polar surface area (TPSA) is 15.7 Å². The molecule has 0 atom stereocenters. The van der Waals surface area contributed by atoms with E-state index in [0.29, 0.717) is 23.8 Å². The van der Waals surface area contributed by atoms with E-state index in [0.717, 1.165) is 5.92 Å². The number of hydrogen-bond acceptors (Lipinski definition) is 3. The number of nitrogens with zero attached hydrogens (tertiary/aromatic N) is 2. The van der Waals surface area contributed by atoms with Gasteiger partial charge in [-0.3, -0.25) is 4.90 Å². The average molecular weight is 339 g/mol. The van der Waals surface area contributed by atoms with E-state index in [1.54, 1.807) is 0 Å². The molecule has 3 nitrogen and oxygen atoms in total. The van der Waals surface area contributed by atoms with Crippen LogP contribution in [-0.2, 0) is 4.74 Å². The minimum atomic E-state index is 0.318. The fourth-order valence-electron chi connectivity index (χ4n) is 4.96. The van der Waals surface area contributed by atoms with Gasteiger partial charge < -0.3 is 9.64 Å². The molecule has 0 aromatic carbocycles. The first kappa shape index (κ1) is 20.2. The van der Waals surface area contributed by atoms with Crippen molar-refractivity contribution in [3.8, 4) is 0 Å². The minimum absolute atomic E-state index is 0.318. The summed E-state index contributed by atoms with van der Waals surface area (Å²) in [6.45, 7) is 18.8. The zero-order valence-corrected chi connectivity index (χ0v) is 17.2. The SMILES string of the molecule is CC(C)OC1CCC(CCCN2CCN(C(C)C)C(C)(C)C2)CC1. The fourth-order valence-corrected chi connectivity index (χ4v) is 4.96. The monoisotopic (exact) mass is 338 g/mol. The molecule has 0 spiro atoms. The molecule has 0 aromatic rings.